The van der Waals surface area contributed by atoms with Crippen LogP contribution in [-0.2, 0) is 16.8 Å². The molecule has 0 saturated carbocycles. The predicted octanol–water partition coefficient (Wildman–Crippen LogP) is 6.34. The highest BCUT2D eigenvalue weighted by atomic mass is 16.2. The molecule has 38 heavy (non-hydrogen) atoms. The quantitative estimate of drug-likeness (QED) is 0.390. The van der Waals surface area contributed by atoms with E-state index in [9.17, 15) is 4.79 Å². The number of amides is 1. The van der Waals surface area contributed by atoms with Crippen molar-refractivity contribution in [1.29, 1.82) is 0 Å². The van der Waals surface area contributed by atoms with Crippen LogP contribution in [0.3, 0.4) is 0 Å². The molecule has 3 aliphatic heterocycles. The third-order valence-corrected chi connectivity index (χ3v) is 9.96. The first-order valence-corrected chi connectivity index (χ1v) is 15.2. The largest absolute Gasteiger partial charge is 0.337 e. The summed E-state index contributed by atoms with van der Waals surface area (Å²) in [6, 6.07) is 19.1. The van der Waals surface area contributed by atoms with Crippen molar-refractivity contribution in [3.8, 4) is 0 Å². The molecule has 3 aliphatic rings. The standard InChI is InChI=1S/C34H49N3O/c1-5-9-31-20-26(2)15-18-37(31)32-23-35(24-32)19-17-34(30-13-12-27(3)28(4)21-30)16-14-33(38)36(25-34)22-29-10-7-6-8-11-29/h6-8,10-13,21,26,31-32H,5,9,14-20,22-25H2,1-4H3/t26-,31-,34?/m1/s1. The zero-order valence-corrected chi connectivity index (χ0v) is 24.3. The monoisotopic (exact) mass is 515 g/mol. The number of carbonyl (C=O) groups excluding carboxylic acids is 1. The van der Waals surface area contributed by atoms with E-state index in [1.807, 2.05) is 0 Å². The lowest BCUT2D eigenvalue weighted by Crippen LogP contribution is -2.63. The van der Waals surface area contributed by atoms with Crippen LogP contribution in [0.1, 0.15) is 81.0 Å². The number of aryl methyl sites for hydroxylation is 2. The maximum Gasteiger partial charge on any atom is 0.222 e. The first-order chi connectivity index (χ1) is 18.4. The molecular weight excluding hydrogens is 466 g/mol. The Hall–Kier alpha value is -2.17. The molecule has 1 unspecified atom stereocenters. The van der Waals surface area contributed by atoms with Gasteiger partial charge in [0.2, 0.25) is 5.91 Å². The average Bonchev–Trinajstić information content (AvgIpc) is 2.88. The summed E-state index contributed by atoms with van der Waals surface area (Å²) in [4.78, 5) is 20.8. The van der Waals surface area contributed by atoms with Gasteiger partial charge in [-0.1, -0.05) is 68.8 Å². The van der Waals surface area contributed by atoms with Crippen LogP contribution in [0.5, 0.6) is 0 Å². The van der Waals surface area contributed by atoms with E-state index in [2.05, 4.69) is 90.9 Å². The van der Waals surface area contributed by atoms with E-state index in [1.165, 1.54) is 67.6 Å². The van der Waals surface area contributed by atoms with Gasteiger partial charge < -0.3 is 9.80 Å². The summed E-state index contributed by atoms with van der Waals surface area (Å²) >= 11 is 0. The van der Waals surface area contributed by atoms with E-state index < -0.39 is 0 Å². The Kier molecular flexibility index (Phi) is 8.59. The lowest BCUT2D eigenvalue weighted by atomic mass is 9.70. The molecule has 0 spiro atoms. The second kappa shape index (κ2) is 11.9. The molecule has 1 amide bonds. The number of rotatable bonds is 9. The van der Waals surface area contributed by atoms with Crippen LogP contribution in [-0.4, -0.2) is 65.4 Å². The van der Waals surface area contributed by atoms with Crippen molar-refractivity contribution in [2.24, 2.45) is 5.92 Å². The molecule has 0 N–H and O–H groups in total. The van der Waals surface area contributed by atoms with Gasteiger partial charge in [0.15, 0.2) is 0 Å². The van der Waals surface area contributed by atoms with Crippen molar-refractivity contribution in [3.05, 3.63) is 70.8 Å². The van der Waals surface area contributed by atoms with Crippen LogP contribution >= 0.6 is 0 Å². The first-order valence-electron chi connectivity index (χ1n) is 15.2. The third kappa shape index (κ3) is 6.02. The van der Waals surface area contributed by atoms with E-state index in [0.29, 0.717) is 18.9 Å². The zero-order valence-electron chi connectivity index (χ0n) is 24.3. The van der Waals surface area contributed by atoms with Gasteiger partial charge in [0, 0.05) is 50.1 Å². The summed E-state index contributed by atoms with van der Waals surface area (Å²) in [6.45, 7) is 15.6. The maximum absolute atomic E-state index is 13.1. The molecule has 3 atom stereocenters. The fourth-order valence-electron chi connectivity index (χ4n) is 7.31. The number of hydrogen-bond acceptors (Lipinski definition) is 3. The smallest absolute Gasteiger partial charge is 0.222 e. The number of nitrogens with zero attached hydrogens (tertiary/aromatic N) is 3. The highest BCUT2D eigenvalue weighted by molar-refractivity contribution is 5.77. The number of hydrogen-bond donors (Lipinski definition) is 0. The SMILES string of the molecule is CCC[C@@H]1C[C@H](C)CCN1C1CN(CCC2(c3ccc(C)c(C)c3)CCC(=O)N(Cc3ccccc3)C2)C1. The molecule has 4 nitrogen and oxygen atoms in total. The van der Waals surface area contributed by atoms with Gasteiger partial charge in [-0.3, -0.25) is 9.69 Å². The number of likely N-dealkylation sites (tertiary alicyclic amines) is 3. The van der Waals surface area contributed by atoms with Crippen LogP contribution in [0.25, 0.3) is 0 Å². The van der Waals surface area contributed by atoms with Gasteiger partial charge in [0.25, 0.3) is 0 Å². The molecule has 0 aliphatic carbocycles. The van der Waals surface area contributed by atoms with Crippen molar-refractivity contribution in [1.82, 2.24) is 14.7 Å². The summed E-state index contributed by atoms with van der Waals surface area (Å²) in [7, 11) is 0. The van der Waals surface area contributed by atoms with E-state index >= 15 is 0 Å². The van der Waals surface area contributed by atoms with E-state index in [1.54, 1.807) is 0 Å². The van der Waals surface area contributed by atoms with Crippen LogP contribution in [0, 0.1) is 19.8 Å². The van der Waals surface area contributed by atoms with E-state index in [-0.39, 0.29) is 5.41 Å². The van der Waals surface area contributed by atoms with Crippen molar-refractivity contribution < 1.29 is 4.79 Å². The van der Waals surface area contributed by atoms with Crippen LogP contribution in [0.2, 0.25) is 0 Å². The summed E-state index contributed by atoms with van der Waals surface area (Å²) in [5.41, 5.74) is 5.38. The van der Waals surface area contributed by atoms with Gasteiger partial charge in [-0.05, 0) is 87.2 Å². The van der Waals surface area contributed by atoms with Crippen LogP contribution in [0.15, 0.2) is 48.5 Å². The molecule has 4 heteroatoms. The number of benzene rings is 2. The minimum Gasteiger partial charge on any atom is -0.337 e. The summed E-state index contributed by atoms with van der Waals surface area (Å²) in [6.07, 6.45) is 8.11. The highest BCUT2D eigenvalue weighted by Gasteiger charge is 2.42. The van der Waals surface area contributed by atoms with Crippen molar-refractivity contribution >= 4 is 5.91 Å². The topological polar surface area (TPSA) is 26.8 Å². The third-order valence-electron chi connectivity index (χ3n) is 9.96. The second-order valence-corrected chi connectivity index (χ2v) is 12.8. The minimum atomic E-state index is 0.0253. The highest BCUT2D eigenvalue weighted by Crippen LogP contribution is 2.40. The first kappa shape index (κ1) is 27.4. The summed E-state index contributed by atoms with van der Waals surface area (Å²) in [5.74, 6) is 1.18. The Labute approximate surface area is 231 Å². The Morgan fingerprint density at radius 1 is 1.03 bits per heavy atom. The zero-order chi connectivity index (χ0) is 26.7. The van der Waals surface area contributed by atoms with Crippen LogP contribution < -0.4 is 0 Å². The molecule has 3 fully saturated rings. The Morgan fingerprint density at radius 3 is 2.55 bits per heavy atom. The second-order valence-electron chi connectivity index (χ2n) is 12.8. The van der Waals surface area contributed by atoms with E-state index in [0.717, 1.165) is 43.9 Å². The molecule has 0 aromatic heterocycles. The lowest BCUT2D eigenvalue weighted by molar-refractivity contribution is -0.136. The Bertz CT molecular complexity index is 1080. The van der Waals surface area contributed by atoms with Gasteiger partial charge >= 0.3 is 0 Å². The Morgan fingerprint density at radius 2 is 1.82 bits per heavy atom. The number of carbonyl (C=O) groups is 1. The lowest BCUT2D eigenvalue weighted by Gasteiger charge is -2.52. The minimum absolute atomic E-state index is 0.0253. The maximum atomic E-state index is 13.1. The van der Waals surface area contributed by atoms with Gasteiger partial charge in [-0.25, -0.2) is 0 Å². The normalized spacial score (nSPS) is 27.5. The summed E-state index contributed by atoms with van der Waals surface area (Å²) in [5, 5.41) is 0. The van der Waals surface area contributed by atoms with Gasteiger partial charge in [-0.15, -0.1) is 0 Å². The van der Waals surface area contributed by atoms with Gasteiger partial charge in [0.05, 0.1) is 0 Å². The van der Waals surface area contributed by atoms with E-state index in [4.69, 9.17) is 0 Å². The molecule has 0 bridgehead atoms. The van der Waals surface area contributed by atoms with Crippen molar-refractivity contribution in [2.45, 2.75) is 96.7 Å². The molecule has 2 aromatic rings. The number of piperidine rings is 2. The molecular formula is C34H49N3O. The fraction of sp³-hybridized carbons (Fsp3) is 0.618. The molecule has 2 aromatic carbocycles. The predicted molar refractivity (Wildman–Crippen MR) is 157 cm³/mol. The molecule has 5 rings (SSSR count). The Balaban J connectivity index is 1.28. The molecule has 206 valence electrons. The average molecular weight is 516 g/mol. The van der Waals surface area contributed by atoms with Crippen LogP contribution in [0.4, 0.5) is 0 Å². The van der Waals surface area contributed by atoms with Crippen molar-refractivity contribution in [3.63, 3.8) is 0 Å². The fourth-order valence-corrected chi connectivity index (χ4v) is 7.31. The molecule has 3 saturated heterocycles. The molecule has 3 heterocycles. The van der Waals surface area contributed by atoms with Gasteiger partial charge in [-0.2, -0.15) is 0 Å². The van der Waals surface area contributed by atoms with Gasteiger partial charge in [0.1, 0.15) is 0 Å². The summed E-state index contributed by atoms with van der Waals surface area (Å²) < 4.78 is 0. The molecule has 0 radical (unpaired) electrons. The van der Waals surface area contributed by atoms with Crippen molar-refractivity contribution in [2.75, 3.05) is 32.7 Å².